The van der Waals surface area contributed by atoms with Crippen molar-refractivity contribution in [3.63, 3.8) is 0 Å². The molecule has 0 saturated heterocycles. The molecule has 0 spiro atoms. The zero-order valence-electron chi connectivity index (χ0n) is 27.5. The molecule has 3 amide bonds. The first-order chi connectivity index (χ1) is 21.4. The smallest absolute Gasteiger partial charge is 0.407 e. The maximum absolute atomic E-state index is 13.2. The molecule has 250 valence electrons. The lowest BCUT2D eigenvalue weighted by atomic mass is 9.98. The second-order valence-corrected chi connectivity index (χ2v) is 13.2. The highest BCUT2D eigenvalue weighted by Gasteiger charge is 2.32. The lowest BCUT2D eigenvalue weighted by molar-refractivity contribution is -0.155. The Hall–Kier alpha value is -4.45. The molecular formula is C34H45N3O9. The largest absolute Gasteiger partial charge is 0.480 e. The van der Waals surface area contributed by atoms with Crippen LogP contribution < -0.4 is 16.0 Å². The van der Waals surface area contributed by atoms with Crippen LogP contribution in [0.3, 0.4) is 0 Å². The van der Waals surface area contributed by atoms with Crippen molar-refractivity contribution >= 4 is 29.8 Å². The SMILES string of the molecule is CC(OC(C)(C)C)C(NC(=O)CNC(=O)C(CCC(=O)OC(C)(C)C)NC(=O)OCC1c2ccccc2-c2ccccc21)C(=O)O. The lowest BCUT2D eigenvalue weighted by Crippen LogP contribution is -2.54. The third-order valence-electron chi connectivity index (χ3n) is 7.02. The quantitative estimate of drug-likeness (QED) is 0.238. The summed E-state index contributed by atoms with van der Waals surface area (Å²) in [5, 5.41) is 16.9. The Bertz CT molecular complexity index is 1380. The van der Waals surface area contributed by atoms with Crippen LogP contribution in [0.4, 0.5) is 4.79 Å². The summed E-state index contributed by atoms with van der Waals surface area (Å²) in [4.78, 5) is 62.9. The molecule has 3 rings (SSSR count). The van der Waals surface area contributed by atoms with E-state index in [1.54, 1.807) is 41.5 Å². The van der Waals surface area contributed by atoms with E-state index in [4.69, 9.17) is 14.2 Å². The van der Waals surface area contributed by atoms with Crippen molar-refractivity contribution in [2.75, 3.05) is 13.2 Å². The second kappa shape index (κ2) is 15.2. The van der Waals surface area contributed by atoms with Crippen LogP contribution in [0.2, 0.25) is 0 Å². The molecular weight excluding hydrogens is 594 g/mol. The highest BCUT2D eigenvalue weighted by molar-refractivity contribution is 5.91. The summed E-state index contributed by atoms with van der Waals surface area (Å²) in [6.07, 6.45) is -2.09. The van der Waals surface area contributed by atoms with Gasteiger partial charge in [-0.15, -0.1) is 0 Å². The fourth-order valence-corrected chi connectivity index (χ4v) is 5.23. The molecule has 1 aliphatic carbocycles. The zero-order valence-corrected chi connectivity index (χ0v) is 27.5. The first kappa shape index (κ1) is 36.0. The number of nitrogens with one attached hydrogen (secondary N) is 3. The number of fused-ring (bicyclic) bond motifs is 3. The number of alkyl carbamates (subject to hydrolysis) is 1. The Balaban J connectivity index is 1.65. The Kier molecular flexibility index (Phi) is 11.9. The minimum Gasteiger partial charge on any atom is -0.480 e. The summed E-state index contributed by atoms with van der Waals surface area (Å²) in [6.45, 7) is 11.3. The molecule has 1 aliphatic rings. The van der Waals surface area contributed by atoms with E-state index in [1.165, 1.54) is 6.92 Å². The Labute approximate surface area is 269 Å². The van der Waals surface area contributed by atoms with Crippen LogP contribution in [-0.2, 0) is 33.4 Å². The Morgan fingerprint density at radius 1 is 0.848 bits per heavy atom. The summed E-state index contributed by atoms with van der Waals surface area (Å²) in [6, 6.07) is 13.1. The minimum atomic E-state index is -1.37. The molecule has 4 N–H and O–H groups in total. The van der Waals surface area contributed by atoms with Gasteiger partial charge in [-0.1, -0.05) is 48.5 Å². The highest BCUT2D eigenvalue weighted by Crippen LogP contribution is 2.44. The van der Waals surface area contributed by atoms with E-state index >= 15 is 0 Å². The number of aliphatic carboxylic acids is 1. The number of esters is 1. The predicted molar refractivity (Wildman–Crippen MR) is 170 cm³/mol. The van der Waals surface area contributed by atoms with Crippen molar-refractivity contribution in [3.8, 4) is 11.1 Å². The van der Waals surface area contributed by atoms with Crippen LogP contribution in [0.5, 0.6) is 0 Å². The molecule has 12 heteroatoms. The van der Waals surface area contributed by atoms with Gasteiger partial charge in [-0.25, -0.2) is 9.59 Å². The molecule has 0 heterocycles. The first-order valence-electron chi connectivity index (χ1n) is 15.3. The number of amides is 3. The molecule has 3 unspecified atom stereocenters. The van der Waals surface area contributed by atoms with E-state index in [1.807, 2.05) is 48.5 Å². The van der Waals surface area contributed by atoms with Gasteiger partial charge >= 0.3 is 18.0 Å². The van der Waals surface area contributed by atoms with Gasteiger partial charge in [0.15, 0.2) is 6.04 Å². The number of carbonyl (C=O) groups is 5. The standard InChI is InChI=1S/C34H45N3O9/c1-20(45-33(2,3)4)29(31(41)42)37-27(38)18-35-30(40)26(16-17-28(39)46-34(5,6)7)36-32(43)44-19-25-23-14-10-8-12-21(23)22-13-9-11-15-24(22)25/h8-15,20,25-26,29H,16-19H2,1-7H3,(H,35,40)(H,36,43)(H,37,38)(H,41,42). The van der Waals surface area contributed by atoms with Gasteiger partial charge in [0, 0.05) is 12.3 Å². The lowest BCUT2D eigenvalue weighted by Gasteiger charge is -2.29. The summed E-state index contributed by atoms with van der Waals surface area (Å²) in [5.74, 6) is -3.63. The minimum absolute atomic E-state index is 0.00800. The van der Waals surface area contributed by atoms with Gasteiger partial charge in [-0.2, -0.15) is 0 Å². The van der Waals surface area contributed by atoms with Crippen molar-refractivity contribution < 1.29 is 43.3 Å². The average molecular weight is 640 g/mol. The van der Waals surface area contributed by atoms with E-state index in [-0.39, 0.29) is 25.4 Å². The van der Waals surface area contributed by atoms with Gasteiger partial charge < -0.3 is 35.3 Å². The molecule has 46 heavy (non-hydrogen) atoms. The molecule has 3 atom stereocenters. The van der Waals surface area contributed by atoms with Crippen molar-refractivity contribution in [2.24, 2.45) is 0 Å². The van der Waals surface area contributed by atoms with Gasteiger partial charge in [0.1, 0.15) is 18.2 Å². The van der Waals surface area contributed by atoms with Gasteiger partial charge in [-0.05, 0) is 77.1 Å². The summed E-state index contributed by atoms with van der Waals surface area (Å²) in [5.41, 5.74) is 2.75. The number of carboxylic acids is 1. The van der Waals surface area contributed by atoms with Crippen molar-refractivity contribution in [2.45, 2.75) is 96.6 Å². The number of carboxylic acid groups (broad SMARTS) is 1. The molecule has 0 radical (unpaired) electrons. The van der Waals surface area contributed by atoms with Crippen molar-refractivity contribution in [1.82, 2.24) is 16.0 Å². The fraction of sp³-hybridized carbons (Fsp3) is 0.500. The number of benzene rings is 2. The third-order valence-corrected chi connectivity index (χ3v) is 7.02. The molecule has 2 aromatic carbocycles. The second-order valence-electron chi connectivity index (χ2n) is 13.2. The first-order valence-corrected chi connectivity index (χ1v) is 15.3. The van der Waals surface area contributed by atoms with Crippen molar-refractivity contribution in [3.05, 3.63) is 59.7 Å². The van der Waals surface area contributed by atoms with Gasteiger partial charge in [0.2, 0.25) is 11.8 Å². The molecule has 0 aromatic heterocycles. The topological polar surface area (TPSA) is 169 Å². The normalized spacial score (nSPS) is 14.6. The molecule has 0 fully saturated rings. The summed E-state index contributed by atoms with van der Waals surface area (Å²) in [7, 11) is 0. The van der Waals surface area contributed by atoms with Gasteiger partial charge in [-0.3, -0.25) is 14.4 Å². The van der Waals surface area contributed by atoms with Crippen LogP contribution in [-0.4, -0.2) is 77.5 Å². The maximum Gasteiger partial charge on any atom is 0.407 e. The number of ether oxygens (including phenoxy) is 3. The maximum atomic E-state index is 13.2. The Morgan fingerprint density at radius 3 is 1.93 bits per heavy atom. The van der Waals surface area contributed by atoms with E-state index < -0.39 is 65.8 Å². The van der Waals surface area contributed by atoms with E-state index in [0.717, 1.165) is 22.3 Å². The van der Waals surface area contributed by atoms with Crippen LogP contribution in [0, 0.1) is 0 Å². The number of hydrogen-bond acceptors (Lipinski definition) is 8. The molecule has 2 aromatic rings. The molecule has 12 nitrogen and oxygen atoms in total. The van der Waals surface area contributed by atoms with Crippen LogP contribution in [0.25, 0.3) is 11.1 Å². The highest BCUT2D eigenvalue weighted by atomic mass is 16.6. The van der Waals surface area contributed by atoms with Crippen molar-refractivity contribution in [1.29, 1.82) is 0 Å². The van der Waals surface area contributed by atoms with E-state index in [2.05, 4.69) is 16.0 Å². The number of carbonyl (C=O) groups excluding carboxylic acids is 4. The summed E-state index contributed by atoms with van der Waals surface area (Å²) >= 11 is 0. The molecule has 0 saturated carbocycles. The van der Waals surface area contributed by atoms with Gasteiger partial charge in [0.25, 0.3) is 0 Å². The van der Waals surface area contributed by atoms with E-state index in [0.29, 0.717) is 0 Å². The number of hydrogen-bond donors (Lipinski definition) is 4. The van der Waals surface area contributed by atoms with Crippen LogP contribution in [0.1, 0.15) is 78.4 Å². The monoisotopic (exact) mass is 639 g/mol. The van der Waals surface area contributed by atoms with Crippen LogP contribution in [0.15, 0.2) is 48.5 Å². The number of rotatable bonds is 13. The molecule has 0 bridgehead atoms. The third kappa shape index (κ3) is 10.6. The van der Waals surface area contributed by atoms with Gasteiger partial charge in [0.05, 0.1) is 18.2 Å². The molecule has 0 aliphatic heterocycles. The predicted octanol–water partition coefficient (Wildman–Crippen LogP) is 3.90. The summed E-state index contributed by atoms with van der Waals surface area (Å²) < 4.78 is 16.6. The van der Waals surface area contributed by atoms with Crippen LogP contribution >= 0.6 is 0 Å². The fourth-order valence-electron chi connectivity index (χ4n) is 5.23. The zero-order chi connectivity index (χ0) is 34.2. The average Bonchev–Trinajstić information content (AvgIpc) is 3.27. The Morgan fingerprint density at radius 2 is 1.41 bits per heavy atom. The van der Waals surface area contributed by atoms with E-state index in [9.17, 15) is 29.1 Å².